The van der Waals surface area contributed by atoms with Gasteiger partial charge in [0.15, 0.2) is 0 Å². The minimum absolute atomic E-state index is 0.00344. The van der Waals surface area contributed by atoms with E-state index in [1.807, 2.05) is 42.5 Å². The maximum atomic E-state index is 14.3. The van der Waals surface area contributed by atoms with Gasteiger partial charge in [0.25, 0.3) is 0 Å². The van der Waals surface area contributed by atoms with E-state index in [0.717, 1.165) is 18.5 Å². The van der Waals surface area contributed by atoms with Crippen molar-refractivity contribution >= 4 is 11.7 Å². The maximum absolute atomic E-state index is 14.3. The monoisotopic (exact) mass is 435 g/mol. The van der Waals surface area contributed by atoms with Gasteiger partial charge in [0.1, 0.15) is 23.1 Å². The van der Waals surface area contributed by atoms with Crippen LogP contribution < -0.4 is 14.4 Å². The van der Waals surface area contributed by atoms with Gasteiger partial charge < -0.3 is 19.5 Å². The van der Waals surface area contributed by atoms with Crippen molar-refractivity contribution in [1.82, 2.24) is 0 Å². The van der Waals surface area contributed by atoms with E-state index in [9.17, 15) is 14.3 Å². The number of rotatable bonds is 7. The lowest BCUT2D eigenvalue weighted by atomic mass is 10.0. The Morgan fingerprint density at radius 2 is 1.78 bits per heavy atom. The van der Waals surface area contributed by atoms with Crippen LogP contribution in [0, 0.1) is 5.82 Å². The van der Waals surface area contributed by atoms with Crippen LogP contribution in [0.15, 0.2) is 66.7 Å². The van der Waals surface area contributed by atoms with Crippen LogP contribution in [-0.4, -0.2) is 30.3 Å². The first-order valence-electron chi connectivity index (χ1n) is 10.7. The largest absolute Gasteiger partial charge is 0.497 e. The third kappa shape index (κ3) is 4.69. The molecule has 3 aromatic carbocycles. The summed E-state index contributed by atoms with van der Waals surface area (Å²) in [4.78, 5) is 13.4. The highest BCUT2D eigenvalue weighted by atomic mass is 19.1. The van der Waals surface area contributed by atoms with Gasteiger partial charge in [-0.3, -0.25) is 4.79 Å². The first-order chi connectivity index (χ1) is 15.4. The quantitative estimate of drug-likeness (QED) is 0.484. The van der Waals surface area contributed by atoms with Crippen molar-refractivity contribution in [3.63, 3.8) is 0 Å². The smallest absolute Gasteiger partial charge is 0.305 e. The molecule has 3 aromatic rings. The van der Waals surface area contributed by atoms with Crippen molar-refractivity contribution < 1.29 is 23.8 Å². The highest BCUT2D eigenvalue weighted by Crippen LogP contribution is 2.35. The van der Waals surface area contributed by atoms with E-state index < -0.39 is 5.97 Å². The third-order valence-electron chi connectivity index (χ3n) is 5.89. The van der Waals surface area contributed by atoms with Crippen LogP contribution in [0.4, 0.5) is 10.1 Å². The number of anilines is 1. The number of carboxylic acids is 1. The molecule has 1 fully saturated rings. The molecule has 0 saturated carbocycles. The molecule has 2 atom stereocenters. The number of hydrogen-bond donors (Lipinski definition) is 1. The predicted octanol–water partition coefficient (Wildman–Crippen LogP) is 6.13. The number of ether oxygens (including phenoxy) is 2. The van der Waals surface area contributed by atoms with Crippen LogP contribution in [0.25, 0.3) is 11.1 Å². The molecule has 1 aliphatic rings. The molecule has 0 aromatic heterocycles. The summed E-state index contributed by atoms with van der Waals surface area (Å²) < 4.78 is 25.6. The fourth-order valence-electron chi connectivity index (χ4n) is 4.34. The number of carboxylic acid groups (broad SMARTS) is 1. The first kappa shape index (κ1) is 21.7. The predicted molar refractivity (Wildman–Crippen MR) is 122 cm³/mol. The van der Waals surface area contributed by atoms with Gasteiger partial charge >= 0.3 is 5.97 Å². The highest BCUT2D eigenvalue weighted by molar-refractivity contribution is 5.69. The van der Waals surface area contributed by atoms with E-state index in [4.69, 9.17) is 9.47 Å². The number of methoxy groups -OCH3 is 1. The summed E-state index contributed by atoms with van der Waals surface area (Å²) in [6.45, 7) is 2.12. The van der Waals surface area contributed by atoms with Gasteiger partial charge in [-0.05, 0) is 79.9 Å². The molecular weight excluding hydrogens is 409 g/mol. The van der Waals surface area contributed by atoms with Crippen molar-refractivity contribution in [1.29, 1.82) is 0 Å². The number of nitrogens with zero attached hydrogens (tertiary/aromatic N) is 1. The van der Waals surface area contributed by atoms with E-state index in [-0.39, 0.29) is 18.3 Å². The van der Waals surface area contributed by atoms with Crippen LogP contribution in [-0.2, 0) is 4.79 Å². The average molecular weight is 435 g/mol. The third-order valence-corrected chi connectivity index (χ3v) is 5.89. The molecule has 1 saturated heterocycles. The van der Waals surface area contributed by atoms with Crippen molar-refractivity contribution in [2.24, 2.45) is 0 Å². The van der Waals surface area contributed by atoms with Gasteiger partial charge in [-0.1, -0.05) is 12.1 Å². The zero-order valence-electron chi connectivity index (χ0n) is 18.1. The van der Waals surface area contributed by atoms with Gasteiger partial charge in [0.2, 0.25) is 0 Å². The van der Waals surface area contributed by atoms with Gasteiger partial charge in [-0.25, -0.2) is 4.39 Å². The zero-order valence-corrected chi connectivity index (χ0v) is 18.1. The Morgan fingerprint density at radius 3 is 2.50 bits per heavy atom. The fraction of sp³-hybridized carbons (Fsp3) is 0.269. The summed E-state index contributed by atoms with van der Waals surface area (Å²) >= 11 is 0. The van der Waals surface area contributed by atoms with E-state index in [2.05, 4.69) is 11.8 Å². The molecule has 1 heterocycles. The Bertz CT molecular complexity index is 1100. The Morgan fingerprint density at radius 1 is 1.03 bits per heavy atom. The Kier molecular flexibility index (Phi) is 6.30. The van der Waals surface area contributed by atoms with E-state index in [1.54, 1.807) is 25.3 Å². The summed E-state index contributed by atoms with van der Waals surface area (Å²) in [5.74, 6) is 0.722. The van der Waals surface area contributed by atoms with Crippen molar-refractivity contribution in [2.45, 2.75) is 38.3 Å². The maximum Gasteiger partial charge on any atom is 0.305 e. The molecule has 0 amide bonds. The number of carbonyl (C=O) groups is 1. The van der Waals surface area contributed by atoms with E-state index in [0.29, 0.717) is 34.4 Å². The van der Waals surface area contributed by atoms with Crippen LogP contribution in [0.2, 0.25) is 0 Å². The lowest BCUT2D eigenvalue weighted by Gasteiger charge is -2.30. The van der Waals surface area contributed by atoms with Gasteiger partial charge in [-0.2, -0.15) is 0 Å². The van der Waals surface area contributed by atoms with E-state index in [1.165, 1.54) is 6.07 Å². The average Bonchev–Trinajstić information content (AvgIpc) is 3.14. The molecule has 2 unspecified atom stereocenters. The standard InChI is InChI=1S/C26H26FNO4/c1-17-6-7-20(15-26(29)30)28(17)19-8-10-21(11-9-19)32-23-5-3-4-18(14-23)24-16-22(31-2)12-13-25(24)27/h3-5,8-14,16-17,20H,6-7,15H2,1-2H3,(H,29,30). The lowest BCUT2D eigenvalue weighted by molar-refractivity contribution is -0.137. The number of halogens is 1. The summed E-state index contributed by atoms with van der Waals surface area (Å²) in [5.41, 5.74) is 2.12. The van der Waals surface area contributed by atoms with Crippen LogP contribution in [0.5, 0.6) is 17.2 Å². The molecule has 6 heteroatoms. The first-order valence-corrected chi connectivity index (χ1v) is 10.7. The molecule has 0 radical (unpaired) electrons. The second-order valence-electron chi connectivity index (χ2n) is 8.05. The second kappa shape index (κ2) is 9.30. The minimum atomic E-state index is -0.776. The number of hydrogen-bond acceptors (Lipinski definition) is 4. The van der Waals surface area contributed by atoms with Crippen molar-refractivity contribution in [2.75, 3.05) is 12.0 Å². The summed E-state index contributed by atoms with van der Waals surface area (Å²) in [6, 6.07) is 19.8. The summed E-state index contributed by atoms with van der Waals surface area (Å²) in [6.07, 6.45) is 1.99. The minimum Gasteiger partial charge on any atom is -0.497 e. The van der Waals surface area contributed by atoms with Crippen LogP contribution in [0.1, 0.15) is 26.2 Å². The molecule has 166 valence electrons. The summed E-state index contributed by atoms with van der Waals surface area (Å²) in [5, 5.41) is 9.21. The van der Waals surface area contributed by atoms with Gasteiger partial charge in [-0.15, -0.1) is 0 Å². The summed E-state index contributed by atoms with van der Waals surface area (Å²) in [7, 11) is 1.55. The normalized spacial score (nSPS) is 17.9. The van der Waals surface area contributed by atoms with Crippen LogP contribution >= 0.6 is 0 Å². The molecule has 5 nitrogen and oxygen atoms in total. The molecular formula is C26H26FNO4. The Labute approximate surface area is 187 Å². The van der Waals surface area contributed by atoms with E-state index >= 15 is 0 Å². The number of benzene rings is 3. The lowest BCUT2D eigenvalue weighted by Crippen LogP contribution is -2.35. The molecule has 0 bridgehead atoms. The van der Waals surface area contributed by atoms with Crippen LogP contribution in [0.3, 0.4) is 0 Å². The van der Waals surface area contributed by atoms with Gasteiger partial charge in [0.05, 0.1) is 13.5 Å². The molecule has 0 aliphatic carbocycles. The molecule has 0 spiro atoms. The highest BCUT2D eigenvalue weighted by Gasteiger charge is 2.32. The Hall–Kier alpha value is -3.54. The topological polar surface area (TPSA) is 59.0 Å². The zero-order chi connectivity index (χ0) is 22.7. The van der Waals surface area contributed by atoms with Gasteiger partial charge in [0, 0.05) is 23.3 Å². The number of aliphatic carboxylic acids is 1. The second-order valence-corrected chi connectivity index (χ2v) is 8.05. The fourth-order valence-corrected chi connectivity index (χ4v) is 4.34. The van der Waals surface area contributed by atoms with Crippen molar-refractivity contribution in [3.8, 4) is 28.4 Å². The Balaban J connectivity index is 1.52. The molecule has 1 N–H and O–H groups in total. The van der Waals surface area contributed by atoms with Crippen molar-refractivity contribution in [3.05, 3.63) is 72.5 Å². The molecule has 4 rings (SSSR count). The molecule has 32 heavy (non-hydrogen) atoms. The molecule has 1 aliphatic heterocycles. The SMILES string of the molecule is COc1ccc(F)c(-c2cccc(Oc3ccc(N4C(C)CCC4CC(=O)O)cc3)c2)c1.